The Bertz CT molecular complexity index is 675. The second-order valence-corrected chi connectivity index (χ2v) is 5.40. The van der Waals surface area contributed by atoms with Crippen LogP contribution < -0.4 is 15.8 Å². The largest absolute Gasteiger partial charge is 0.476 e. The lowest BCUT2D eigenvalue weighted by Gasteiger charge is -2.31. The van der Waals surface area contributed by atoms with Crippen LogP contribution in [0.5, 0.6) is 5.75 Å². The van der Waals surface area contributed by atoms with Crippen molar-refractivity contribution in [2.24, 2.45) is 0 Å². The molecule has 0 radical (unpaired) electrons. The van der Waals surface area contributed by atoms with E-state index in [0.29, 0.717) is 11.4 Å². The minimum atomic E-state index is -0.854. The van der Waals surface area contributed by atoms with E-state index in [9.17, 15) is 4.79 Å². The highest BCUT2D eigenvalue weighted by Gasteiger charge is 2.35. The van der Waals surface area contributed by atoms with Gasteiger partial charge in [0.05, 0.1) is 5.69 Å². The average molecular weight is 268 g/mol. The van der Waals surface area contributed by atoms with Gasteiger partial charge >= 0.3 is 0 Å². The molecule has 0 atom stereocenters. The zero-order valence-corrected chi connectivity index (χ0v) is 11.4. The number of benzene rings is 2. The Morgan fingerprint density at radius 2 is 1.70 bits per heavy atom. The van der Waals surface area contributed by atoms with E-state index in [0.717, 1.165) is 16.8 Å². The minimum absolute atomic E-state index is 0.134. The second kappa shape index (κ2) is 4.27. The van der Waals surface area contributed by atoms with Gasteiger partial charge in [0.25, 0.3) is 5.91 Å². The number of nitrogen functional groups attached to an aromatic ring is 1. The molecule has 1 amide bonds. The summed E-state index contributed by atoms with van der Waals surface area (Å²) >= 11 is 0. The van der Waals surface area contributed by atoms with Gasteiger partial charge in [-0.25, -0.2) is 0 Å². The van der Waals surface area contributed by atoms with Crippen molar-refractivity contribution >= 4 is 17.3 Å². The van der Waals surface area contributed by atoms with Gasteiger partial charge in [-0.2, -0.15) is 0 Å². The van der Waals surface area contributed by atoms with Crippen molar-refractivity contribution in [1.29, 1.82) is 0 Å². The molecule has 4 nitrogen and oxygen atoms in total. The molecule has 0 spiro atoms. The van der Waals surface area contributed by atoms with E-state index >= 15 is 0 Å². The third-order valence-electron chi connectivity index (χ3n) is 3.39. The first-order valence-corrected chi connectivity index (χ1v) is 6.46. The van der Waals surface area contributed by atoms with E-state index in [1.54, 1.807) is 13.8 Å². The summed E-state index contributed by atoms with van der Waals surface area (Å²) in [6.07, 6.45) is 0. The summed E-state index contributed by atoms with van der Waals surface area (Å²) in [6, 6.07) is 13.4. The molecule has 1 aliphatic heterocycles. The predicted molar refractivity (Wildman–Crippen MR) is 79.6 cm³/mol. The number of fused-ring (bicyclic) bond motifs is 1. The van der Waals surface area contributed by atoms with Gasteiger partial charge in [0.1, 0.15) is 5.75 Å². The Labute approximate surface area is 117 Å². The fourth-order valence-corrected chi connectivity index (χ4v) is 2.16. The standard InChI is InChI=1S/C16H16N2O2/c1-16(2)15(19)18-13-8-5-11(9-14(13)20-16)10-3-6-12(17)7-4-10/h3-9H,17H2,1-2H3,(H,18,19). The average Bonchev–Trinajstić information content (AvgIpc) is 2.40. The minimum Gasteiger partial charge on any atom is -0.476 e. The maximum atomic E-state index is 11.8. The number of nitrogens with one attached hydrogen (secondary N) is 1. The van der Waals surface area contributed by atoms with Crippen LogP contribution in [0, 0.1) is 0 Å². The lowest BCUT2D eigenvalue weighted by atomic mass is 10.0. The van der Waals surface area contributed by atoms with Gasteiger partial charge in [0, 0.05) is 5.69 Å². The molecule has 2 aromatic rings. The van der Waals surface area contributed by atoms with Crippen molar-refractivity contribution in [2.75, 3.05) is 11.1 Å². The fourth-order valence-electron chi connectivity index (χ4n) is 2.16. The van der Waals surface area contributed by atoms with Crippen LogP contribution >= 0.6 is 0 Å². The van der Waals surface area contributed by atoms with E-state index in [1.807, 2.05) is 42.5 Å². The van der Waals surface area contributed by atoms with Crippen LogP contribution in [-0.2, 0) is 4.79 Å². The molecule has 0 unspecified atom stereocenters. The molecule has 0 aromatic heterocycles. The number of ether oxygens (including phenoxy) is 1. The molecular weight excluding hydrogens is 252 g/mol. The number of anilines is 2. The van der Waals surface area contributed by atoms with Gasteiger partial charge < -0.3 is 15.8 Å². The van der Waals surface area contributed by atoms with E-state index in [4.69, 9.17) is 10.5 Å². The maximum Gasteiger partial charge on any atom is 0.268 e. The van der Waals surface area contributed by atoms with Crippen LogP contribution in [0.15, 0.2) is 42.5 Å². The summed E-state index contributed by atoms with van der Waals surface area (Å²) in [5.74, 6) is 0.550. The molecule has 20 heavy (non-hydrogen) atoms. The molecule has 1 aliphatic rings. The summed E-state index contributed by atoms with van der Waals surface area (Å²) in [5, 5.41) is 2.85. The van der Waals surface area contributed by atoms with Crippen molar-refractivity contribution in [3.05, 3.63) is 42.5 Å². The fraction of sp³-hybridized carbons (Fsp3) is 0.188. The van der Waals surface area contributed by atoms with Gasteiger partial charge in [-0.1, -0.05) is 18.2 Å². The van der Waals surface area contributed by atoms with Crippen LogP contribution in [0.25, 0.3) is 11.1 Å². The first kappa shape index (κ1) is 12.5. The summed E-state index contributed by atoms with van der Waals surface area (Å²) in [6.45, 7) is 3.50. The van der Waals surface area contributed by atoms with Crippen LogP contribution in [0.3, 0.4) is 0 Å². The van der Waals surface area contributed by atoms with Crippen molar-refractivity contribution in [3.63, 3.8) is 0 Å². The Morgan fingerprint density at radius 1 is 1.05 bits per heavy atom. The predicted octanol–water partition coefficient (Wildman–Crippen LogP) is 3.05. The molecule has 3 rings (SSSR count). The normalized spacial score (nSPS) is 16.0. The van der Waals surface area contributed by atoms with Crippen LogP contribution in [-0.4, -0.2) is 11.5 Å². The van der Waals surface area contributed by atoms with Crippen LogP contribution in [0.1, 0.15) is 13.8 Å². The number of hydrogen-bond donors (Lipinski definition) is 2. The smallest absolute Gasteiger partial charge is 0.268 e. The van der Waals surface area contributed by atoms with Crippen molar-refractivity contribution in [2.45, 2.75) is 19.4 Å². The maximum absolute atomic E-state index is 11.8. The van der Waals surface area contributed by atoms with Crippen LogP contribution in [0.4, 0.5) is 11.4 Å². The Kier molecular flexibility index (Phi) is 2.67. The lowest BCUT2D eigenvalue weighted by molar-refractivity contribution is -0.129. The Morgan fingerprint density at radius 3 is 2.40 bits per heavy atom. The van der Waals surface area contributed by atoms with Crippen molar-refractivity contribution in [1.82, 2.24) is 0 Å². The molecule has 102 valence electrons. The number of carbonyl (C=O) groups is 1. The topological polar surface area (TPSA) is 64.3 Å². The number of hydrogen-bond acceptors (Lipinski definition) is 3. The van der Waals surface area contributed by atoms with Gasteiger partial charge in [-0.05, 0) is 49.2 Å². The van der Waals surface area contributed by atoms with E-state index in [2.05, 4.69) is 5.32 Å². The van der Waals surface area contributed by atoms with Gasteiger partial charge in [0.2, 0.25) is 0 Å². The molecule has 0 saturated heterocycles. The molecule has 0 fully saturated rings. The summed E-state index contributed by atoms with van der Waals surface area (Å²) in [7, 11) is 0. The molecule has 0 aliphatic carbocycles. The van der Waals surface area contributed by atoms with Crippen molar-refractivity contribution in [3.8, 4) is 16.9 Å². The molecule has 0 saturated carbocycles. The number of carbonyl (C=O) groups excluding carboxylic acids is 1. The zero-order valence-electron chi connectivity index (χ0n) is 11.4. The molecule has 2 aromatic carbocycles. The zero-order chi connectivity index (χ0) is 14.3. The second-order valence-electron chi connectivity index (χ2n) is 5.40. The summed E-state index contributed by atoms with van der Waals surface area (Å²) < 4.78 is 5.78. The molecular formula is C16H16N2O2. The molecule has 1 heterocycles. The number of nitrogens with two attached hydrogens (primary N) is 1. The van der Waals surface area contributed by atoms with Gasteiger partial charge in [-0.15, -0.1) is 0 Å². The highest BCUT2D eigenvalue weighted by Crippen LogP contribution is 2.36. The Balaban J connectivity index is 2.01. The monoisotopic (exact) mass is 268 g/mol. The van der Waals surface area contributed by atoms with Crippen molar-refractivity contribution < 1.29 is 9.53 Å². The lowest BCUT2D eigenvalue weighted by Crippen LogP contribution is -2.45. The molecule has 4 heteroatoms. The van der Waals surface area contributed by atoms with Gasteiger partial charge in [-0.3, -0.25) is 4.79 Å². The highest BCUT2D eigenvalue weighted by atomic mass is 16.5. The van der Waals surface area contributed by atoms with Crippen LogP contribution in [0.2, 0.25) is 0 Å². The van der Waals surface area contributed by atoms with E-state index in [1.165, 1.54) is 0 Å². The third kappa shape index (κ3) is 2.09. The quantitative estimate of drug-likeness (QED) is 0.781. The Hall–Kier alpha value is -2.49. The SMILES string of the molecule is CC1(C)Oc2cc(-c3ccc(N)cc3)ccc2NC1=O. The van der Waals surface area contributed by atoms with Gasteiger partial charge in [0.15, 0.2) is 5.60 Å². The van der Waals surface area contributed by atoms with E-state index in [-0.39, 0.29) is 5.91 Å². The molecule has 0 bridgehead atoms. The first-order chi connectivity index (χ1) is 9.45. The number of amides is 1. The third-order valence-corrected chi connectivity index (χ3v) is 3.39. The summed E-state index contributed by atoms with van der Waals surface area (Å²) in [4.78, 5) is 11.8. The number of rotatable bonds is 1. The summed E-state index contributed by atoms with van der Waals surface area (Å²) in [5.41, 5.74) is 8.35. The van der Waals surface area contributed by atoms with E-state index < -0.39 is 5.60 Å². The molecule has 3 N–H and O–H groups in total. The highest BCUT2D eigenvalue weighted by molar-refractivity contribution is 6.00. The first-order valence-electron chi connectivity index (χ1n) is 6.46.